The van der Waals surface area contributed by atoms with Crippen molar-refractivity contribution in [1.29, 1.82) is 5.26 Å². The minimum atomic E-state index is -3.92. The molecule has 33 heavy (non-hydrogen) atoms. The van der Waals surface area contributed by atoms with Crippen molar-refractivity contribution < 1.29 is 13.5 Å². The number of nitrogens with zero attached hydrogens (tertiary/aromatic N) is 1. The molecule has 6 heteroatoms. The molecule has 3 rings (SSSR count). The number of hydrogen-bond donors (Lipinski definition) is 1. The zero-order chi connectivity index (χ0) is 24.3. The monoisotopic (exact) mass is 537 g/mol. The number of nitriles is 1. The number of sulfone groups is 1. The van der Waals surface area contributed by atoms with Crippen molar-refractivity contribution in [3.05, 3.63) is 43.0 Å². The van der Waals surface area contributed by atoms with E-state index in [1.54, 1.807) is 36.4 Å². The Kier molecular flexibility index (Phi) is 8.22. The van der Waals surface area contributed by atoms with Crippen LogP contribution in [0.3, 0.4) is 0 Å². The Hall–Kier alpha value is -1.12. The molecule has 1 aromatic carbocycles. The third-order valence-electron chi connectivity index (χ3n) is 8.68. The third-order valence-corrected chi connectivity index (χ3v) is 15.9. The molecule has 2 aliphatic carbocycles. The molecule has 0 amide bonds. The molecule has 1 aromatic rings. The van der Waals surface area contributed by atoms with Crippen molar-refractivity contribution >= 4 is 24.8 Å². The molecule has 0 spiro atoms. The van der Waals surface area contributed by atoms with E-state index < -0.39 is 40.5 Å². The van der Waals surface area contributed by atoms with Gasteiger partial charge in [0.1, 0.15) is 0 Å². The van der Waals surface area contributed by atoms with Crippen LogP contribution < -0.4 is 0 Å². The number of allylic oxidation sites excluding steroid dienone is 1. The van der Waals surface area contributed by atoms with Crippen LogP contribution in [0.15, 0.2) is 47.9 Å². The van der Waals surface area contributed by atoms with Gasteiger partial charge in [0, 0.05) is 0 Å². The minimum absolute atomic E-state index is 0.0450. The van der Waals surface area contributed by atoms with Crippen molar-refractivity contribution in [1.82, 2.24) is 0 Å². The predicted octanol–water partition coefficient (Wildman–Crippen LogP) is 5.76. The fraction of sp³-hybridized carbons (Fsp3) is 0.667. The van der Waals surface area contributed by atoms with Crippen molar-refractivity contribution in [2.75, 3.05) is 0 Å². The van der Waals surface area contributed by atoms with Gasteiger partial charge in [-0.1, -0.05) is 0 Å². The Morgan fingerprint density at radius 3 is 2.52 bits per heavy atom. The SMILES string of the molecule is C=C[C@H](CCCCCC)[C@](C#N)([Se]C[C@]12CC[C@@H](C[C@H]1O)C2(C)C)S(=O)(=O)c1ccccc1. The molecule has 0 aliphatic heterocycles. The summed E-state index contributed by atoms with van der Waals surface area (Å²) < 4.78 is 26.7. The average Bonchev–Trinajstić information content (AvgIpc) is 3.16. The normalized spacial score (nSPS) is 28.7. The summed E-state index contributed by atoms with van der Waals surface area (Å²) in [5.41, 5.74) is -0.351. The first-order chi connectivity index (χ1) is 15.6. The Labute approximate surface area is 206 Å². The molecule has 4 nitrogen and oxygen atoms in total. The van der Waals surface area contributed by atoms with Gasteiger partial charge >= 0.3 is 207 Å². The van der Waals surface area contributed by atoms with E-state index >= 15 is 0 Å². The van der Waals surface area contributed by atoms with E-state index in [0.29, 0.717) is 17.7 Å². The third kappa shape index (κ3) is 4.36. The summed E-state index contributed by atoms with van der Waals surface area (Å²) >= 11 is -0.544. The summed E-state index contributed by atoms with van der Waals surface area (Å²) in [6.45, 7) is 10.6. The van der Waals surface area contributed by atoms with E-state index in [-0.39, 0.29) is 15.7 Å². The summed E-state index contributed by atoms with van der Waals surface area (Å²) in [6.07, 6.45) is 8.83. The summed E-state index contributed by atoms with van der Waals surface area (Å²) in [6, 6.07) is 10.8. The molecular weight excluding hydrogens is 497 g/mol. The zero-order valence-corrected chi connectivity index (χ0v) is 22.8. The molecule has 182 valence electrons. The number of aliphatic hydroxyl groups excluding tert-OH is 1. The number of rotatable bonds is 12. The summed E-state index contributed by atoms with van der Waals surface area (Å²) in [7, 11) is -3.92. The standard InChI is InChI=1S/C27H39NO3SSe/c1-5-7-8-10-13-21(6-2)27(19-28,32(30,31)23-14-11-9-12-15-23)33-20-26-17-16-22(18-24(26)29)25(26,3)4/h6,9,11-12,14-15,21-22,24,29H,2,5,7-8,10,13,16-18,20H2,1,3-4H3/t21-,22+,24-,26-,27+/m1/s1. The maximum absolute atomic E-state index is 14.1. The summed E-state index contributed by atoms with van der Waals surface area (Å²) in [4.78, 5) is 0.210. The van der Waals surface area contributed by atoms with Gasteiger partial charge in [-0.3, -0.25) is 0 Å². The number of fused-ring (bicyclic) bond motifs is 2. The van der Waals surface area contributed by atoms with Gasteiger partial charge in [0.15, 0.2) is 0 Å². The number of benzene rings is 1. The molecule has 0 radical (unpaired) electrons. The van der Waals surface area contributed by atoms with E-state index in [9.17, 15) is 18.8 Å². The molecule has 2 fully saturated rings. The van der Waals surface area contributed by atoms with Crippen LogP contribution in [0.4, 0.5) is 0 Å². The number of hydrogen-bond acceptors (Lipinski definition) is 4. The maximum atomic E-state index is 14.1. The van der Waals surface area contributed by atoms with Gasteiger partial charge < -0.3 is 0 Å². The summed E-state index contributed by atoms with van der Waals surface area (Å²) in [5.74, 6) is 0.0366. The van der Waals surface area contributed by atoms with Gasteiger partial charge in [0.05, 0.1) is 0 Å². The fourth-order valence-electron chi connectivity index (χ4n) is 6.20. The molecule has 0 aromatic heterocycles. The number of aliphatic hydroxyl groups is 1. The van der Waals surface area contributed by atoms with Crippen molar-refractivity contribution in [2.24, 2.45) is 22.7 Å². The van der Waals surface area contributed by atoms with E-state index in [4.69, 9.17) is 0 Å². The van der Waals surface area contributed by atoms with Crippen LogP contribution in [-0.4, -0.2) is 38.2 Å². The average molecular weight is 537 g/mol. The van der Waals surface area contributed by atoms with Crippen LogP contribution >= 0.6 is 0 Å². The fourth-order valence-corrected chi connectivity index (χ4v) is 13.4. The Bertz CT molecular complexity index is 971. The molecular formula is C27H39NO3SSe. The van der Waals surface area contributed by atoms with Crippen LogP contribution in [0, 0.1) is 34.0 Å². The topological polar surface area (TPSA) is 78.2 Å². The van der Waals surface area contributed by atoms with Gasteiger partial charge in [-0.05, 0) is 0 Å². The molecule has 0 saturated heterocycles. The van der Waals surface area contributed by atoms with E-state index in [2.05, 4.69) is 33.4 Å². The molecule has 2 aliphatic rings. The molecule has 0 heterocycles. The first-order valence-corrected chi connectivity index (χ1v) is 15.8. The second kappa shape index (κ2) is 10.2. The van der Waals surface area contributed by atoms with Crippen molar-refractivity contribution in [3.63, 3.8) is 0 Å². The van der Waals surface area contributed by atoms with E-state index in [1.165, 1.54) is 0 Å². The molecule has 2 saturated carbocycles. The van der Waals surface area contributed by atoms with Gasteiger partial charge in [-0.15, -0.1) is 0 Å². The van der Waals surface area contributed by atoms with E-state index in [1.807, 2.05) is 0 Å². The quantitative estimate of drug-likeness (QED) is 0.209. The predicted molar refractivity (Wildman–Crippen MR) is 135 cm³/mol. The van der Waals surface area contributed by atoms with E-state index in [0.717, 1.165) is 44.9 Å². The number of unbranched alkanes of at least 4 members (excludes halogenated alkanes) is 3. The Morgan fingerprint density at radius 2 is 2.00 bits per heavy atom. The van der Waals surface area contributed by atoms with Crippen LogP contribution in [0.1, 0.15) is 72.1 Å². The molecule has 1 N–H and O–H groups in total. The van der Waals surface area contributed by atoms with Crippen LogP contribution in [0.25, 0.3) is 0 Å². The second-order valence-electron chi connectivity index (χ2n) is 10.4. The Morgan fingerprint density at radius 1 is 1.30 bits per heavy atom. The zero-order valence-electron chi connectivity index (χ0n) is 20.3. The van der Waals surface area contributed by atoms with Gasteiger partial charge in [-0.25, -0.2) is 0 Å². The molecule has 2 bridgehead atoms. The van der Waals surface area contributed by atoms with Crippen molar-refractivity contribution in [3.8, 4) is 6.07 Å². The van der Waals surface area contributed by atoms with Crippen LogP contribution in [0.2, 0.25) is 5.32 Å². The van der Waals surface area contributed by atoms with Crippen LogP contribution in [0.5, 0.6) is 0 Å². The molecule has 0 unspecified atom stereocenters. The van der Waals surface area contributed by atoms with Gasteiger partial charge in [0.2, 0.25) is 0 Å². The second-order valence-corrected chi connectivity index (χ2v) is 15.7. The van der Waals surface area contributed by atoms with Gasteiger partial charge in [-0.2, -0.15) is 0 Å². The van der Waals surface area contributed by atoms with Gasteiger partial charge in [0.25, 0.3) is 0 Å². The first-order valence-electron chi connectivity index (χ1n) is 12.3. The first kappa shape index (κ1) is 26.5. The Balaban J connectivity index is 2.01. The summed E-state index contributed by atoms with van der Waals surface area (Å²) in [5, 5.41) is 22.2. The van der Waals surface area contributed by atoms with Crippen molar-refractivity contribution in [2.45, 2.75) is 92.1 Å². The van der Waals surface area contributed by atoms with Crippen LogP contribution in [-0.2, 0) is 9.84 Å². The molecule has 5 atom stereocenters.